The Labute approximate surface area is 320 Å². The van der Waals surface area contributed by atoms with Crippen LogP contribution in [0.25, 0.3) is 0 Å². The zero-order valence-electron chi connectivity index (χ0n) is 31.3. The molecule has 1 aromatic heterocycles. The smallest absolute Gasteiger partial charge is 0.326 e. The van der Waals surface area contributed by atoms with Gasteiger partial charge in [-0.05, 0) is 63.8 Å². The summed E-state index contributed by atoms with van der Waals surface area (Å²) in [6.45, 7) is 3.23. The summed E-state index contributed by atoms with van der Waals surface area (Å²) in [4.78, 5) is 73.0. The molecular formula is C35H59N7O13. The highest BCUT2D eigenvalue weighted by Crippen LogP contribution is 2.30. The van der Waals surface area contributed by atoms with Crippen LogP contribution in [0.2, 0.25) is 0 Å². The summed E-state index contributed by atoms with van der Waals surface area (Å²) in [5, 5.41) is 48.5. The maximum atomic E-state index is 12.8. The normalized spacial score (nSPS) is 16.5. The summed E-state index contributed by atoms with van der Waals surface area (Å²) in [6, 6.07) is -1.24. The van der Waals surface area contributed by atoms with Gasteiger partial charge in [0.1, 0.15) is 12.1 Å². The standard InChI is InChI=1S/C35H59N7O13/c36-22-23-3-5-24(6-4-23)32(48)41-27(35(51)52)7-9-29(44)40-26(8-10-31(46)47)33(49)39-13-2-16-54-18-20-55-19-17-53-15-1-12-38-28(43)11-14-42-30(45)21-25(37)34(42)50/h21,23-24,26-27,45,50H,1-20,22,36-37H2,(H,38,43)(H,39,49)(H,40,44)(H,41,48)(H,46,47)(H,51,52). The number of carbonyl (C=O) groups excluding carboxylic acids is 4. The molecule has 1 aliphatic carbocycles. The van der Waals surface area contributed by atoms with E-state index < -0.39 is 35.8 Å². The third-order valence-electron chi connectivity index (χ3n) is 9.06. The Morgan fingerprint density at radius 1 is 0.764 bits per heavy atom. The van der Waals surface area contributed by atoms with Crippen molar-refractivity contribution in [2.45, 2.75) is 89.3 Å². The lowest BCUT2D eigenvalue weighted by molar-refractivity contribution is -0.143. The Bertz CT molecular complexity index is 1370. The minimum absolute atomic E-state index is 0.0321. The predicted molar refractivity (Wildman–Crippen MR) is 197 cm³/mol. The molecule has 4 amide bonds. The van der Waals surface area contributed by atoms with Gasteiger partial charge in [0, 0.05) is 64.1 Å². The number of carboxylic acids is 2. The Morgan fingerprint density at radius 2 is 1.35 bits per heavy atom. The second-order valence-electron chi connectivity index (χ2n) is 13.3. The SMILES string of the molecule is NCC1CCC(C(=O)NC(CCC(=O)NC(CCC(=O)O)C(=O)NCCCOCCOCCOCCCNC(=O)CCn2c(O)cc(N)c2O)C(=O)O)CC1. The average molecular weight is 786 g/mol. The van der Waals surface area contributed by atoms with Gasteiger partial charge in [0.05, 0.1) is 32.1 Å². The summed E-state index contributed by atoms with van der Waals surface area (Å²) in [5.41, 5.74) is 11.2. The number of hydrogen-bond donors (Lipinski definition) is 10. The van der Waals surface area contributed by atoms with Crippen LogP contribution in [0.4, 0.5) is 5.69 Å². The lowest BCUT2D eigenvalue weighted by Crippen LogP contribution is -2.48. The molecule has 12 N–H and O–H groups in total. The first-order valence-corrected chi connectivity index (χ1v) is 18.7. The van der Waals surface area contributed by atoms with Gasteiger partial charge in [-0.1, -0.05) is 0 Å². The molecule has 1 saturated carbocycles. The molecule has 0 bridgehead atoms. The maximum Gasteiger partial charge on any atom is 0.326 e. The third-order valence-corrected chi connectivity index (χ3v) is 9.06. The highest BCUT2D eigenvalue weighted by atomic mass is 16.5. The summed E-state index contributed by atoms with van der Waals surface area (Å²) in [6.07, 6.45) is 2.83. The minimum Gasteiger partial charge on any atom is -0.494 e. The van der Waals surface area contributed by atoms with E-state index in [2.05, 4.69) is 21.3 Å². The largest absolute Gasteiger partial charge is 0.494 e. The topological polar surface area (TPSA) is 316 Å². The fraction of sp³-hybridized carbons (Fsp3) is 0.714. The number of hydrogen-bond acceptors (Lipinski definition) is 13. The van der Waals surface area contributed by atoms with Gasteiger partial charge in [-0.15, -0.1) is 0 Å². The number of ether oxygens (including phenoxy) is 3. The van der Waals surface area contributed by atoms with E-state index >= 15 is 0 Å². The molecule has 1 aromatic rings. The highest BCUT2D eigenvalue weighted by molar-refractivity contribution is 5.89. The number of nitrogens with zero attached hydrogens (tertiary/aromatic N) is 1. The van der Waals surface area contributed by atoms with Crippen LogP contribution in [0.5, 0.6) is 11.8 Å². The number of rotatable bonds is 29. The van der Waals surface area contributed by atoms with Gasteiger partial charge in [-0.25, -0.2) is 4.79 Å². The first-order chi connectivity index (χ1) is 26.3. The van der Waals surface area contributed by atoms with Crippen LogP contribution in [0.15, 0.2) is 6.07 Å². The van der Waals surface area contributed by atoms with Crippen LogP contribution in [-0.2, 0) is 49.5 Å². The second-order valence-corrected chi connectivity index (χ2v) is 13.3. The zero-order valence-corrected chi connectivity index (χ0v) is 31.3. The van der Waals surface area contributed by atoms with Crippen molar-refractivity contribution in [3.8, 4) is 11.8 Å². The molecule has 2 rings (SSSR count). The highest BCUT2D eigenvalue weighted by Gasteiger charge is 2.30. The molecule has 55 heavy (non-hydrogen) atoms. The Hall–Kier alpha value is -4.66. The molecule has 2 unspecified atom stereocenters. The van der Waals surface area contributed by atoms with Gasteiger partial charge >= 0.3 is 11.9 Å². The minimum atomic E-state index is -1.29. The number of nitrogens with two attached hydrogens (primary N) is 2. The molecule has 20 heteroatoms. The molecule has 312 valence electrons. The average Bonchev–Trinajstić information content (AvgIpc) is 3.40. The molecule has 1 fully saturated rings. The predicted octanol–water partition coefficient (Wildman–Crippen LogP) is -0.602. The Morgan fingerprint density at radius 3 is 1.89 bits per heavy atom. The van der Waals surface area contributed by atoms with Crippen LogP contribution >= 0.6 is 0 Å². The van der Waals surface area contributed by atoms with E-state index in [4.69, 9.17) is 30.8 Å². The first kappa shape index (κ1) is 46.5. The first-order valence-electron chi connectivity index (χ1n) is 18.7. The summed E-state index contributed by atoms with van der Waals surface area (Å²) in [5.74, 6) is -4.76. The monoisotopic (exact) mass is 785 g/mol. The molecule has 0 aromatic carbocycles. The Kier molecular flexibility index (Phi) is 22.1. The van der Waals surface area contributed by atoms with Crippen LogP contribution in [0.3, 0.4) is 0 Å². The molecule has 0 saturated heterocycles. The summed E-state index contributed by atoms with van der Waals surface area (Å²) < 4.78 is 17.5. The molecular weight excluding hydrogens is 726 g/mol. The molecule has 2 atom stereocenters. The molecule has 0 aliphatic heterocycles. The van der Waals surface area contributed by atoms with Crippen molar-refractivity contribution in [1.29, 1.82) is 0 Å². The van der Waals surface area contributed by atoms with Crippen molar-refractivity contribution in [2.24, 2.45) is 17.6 Å². The van der Waals surface area contributed by atoms with Crippen LogP contribution in [0, 0.1) is 11.8 Å². The van der Waals surface area contributed by atoms with Gasteiger partial charge in [-0.2, -0.15) is 0 Å². The number of nitrogens with one attached hydrogen (secondary N) is 4. The zero-order chi connectivity index (χ0) is 40.6. The van der Waals surface area contributed by atoms with Crippen molar-refractivity contribution in [1.82, 2.24) is 25.8 Å². The van der Waals surface area contributed by atoms with Crippen molar-refractivity contribution in [3.05, 3.63) is 6.07 Å². The quantitative estimate of drug-likeness (QED) is 0.0454. The summed E-state index contributed by atoms with van der Waals surface area (Å²) >= 11 is 0. The molecule has 1 aliphatic rings. The van der Waals surface area contributed by atoms with Crippen LogP contribution < -0.4 is 32.7 Å². The van der Waals surface area contributed by atoms with E-state index in [-0.39, 0.29) is 80.4 Å². The fourth-order valence-corrected chi connectivity index (χ4v) is 5.81. The lowest BCUT2D eigenvalue weighted by Gasteiger charge is -2.27. The Balaban J connectivity index is 1.52. The van der Waals surface area contributed by atoms with E-state index in [9.17, 15) is 44.1 Å². The van der Waals surface area contributed by atoms with E-state index in [0.717, 1.165) is 17.4 Å². The van der Waals surface area contributed by atoms with Crippen LogP contribution in [-0.4, -0.2) is 132 Å². The van der Waals surface area contributed by atoms with E-state index in [1.165, 1.54) is 6.07 Å². The molecule has 20 nitrogen and oxygen atoms in total. The van der Waals surface area contributed by atoms with E-state index in [1.54, 1.807) is 0 Å². The maximum absolute atomic E-state index is 12.8. The molecule has 1 heterocycles. The number of carbonyl (C=O) groups is 6. The third kappa shape index (κ3) is 19.0. The van der Waals surface area contributed by atoms with E-state index in [1.807, 2.05) is 0 Å². The van der Waals surface area contributed by atoms with Gasteiger partial charge in [0.25, 0.3) is 0 Å². The van der Waals surface area contributed by atoms with Gasteiger partial charge in [0.2, 0.25) is 29.5 Å². The summed E-state index contributed by atoms with van der Waals surface area (Å²) in [7, 11) is 0. The number of aromatic hydroxyl groups is 2. The van der Waals surface area contributed by atoms with Gasteiger partial charge in [0.15, 0.2) is 5.88 Å². The van der Waals surface area contributed by atoms with E-state index in [0.29, 0.717) is 84.3 Å². The number of aromatic nitrogens is 1. The molecule has 0 radical (unpaired) electrons. The fourth-order valence-electron chi connectivity index (χ4n) is 5.81. The number of aliphatic carboxylic acids is 2. The van der Waals surface area contributed by atoms with Crippen molar-refractivity contribution < 1.29 is 63.4 Å². The van der Waals surface area contributed by atoms with Gasteiger partial charge < -0.3 is 67.4 Å². The second kappa shape index (κ2) is 26.2. The van der Waals surface area contributed by atoms with Crippen LogP contribution in [0.1, 0.15) is 70.6 Å². The van der Waals surface area contributed by atoms with Gasteiger partial charge in [-0.3, -0.25) is 28.5 Å². The van der Waals surface area contributed by atoms with Crippen molar-refractivity contribution in [2.75, 3.05) is 65.0 Å². The number of nitrogen functional groups attached to an aromatic ring is 1. The molecule has 0 spiro atoms. The number of carboxylic acid groups (broad SMARTS) is 2. The van der Waals surface area contributed by atoms with Crippen molar-refractivity contribution >= 4 is 41.3 Å². The number of amides is 4. The number of anilines is 1. The van der Waals surface area contributed by atoms with Crippen molar-refractivity contribution in [3.63, 3.8) is 0 Å². The lowest BCUT2D eigenvalue weighted by atomic mass is 9.81.